The van der Waals surface area contributed by atoms with Crippen molar-refractivity contribution < 1.29 is 14.9 Å². The number of carbonyl (C=O) groups is 1. The second-order valence-electron chi connectivity index (χ2n) is 0.783. The minimum Gasteiger partial charge on any atom is -0.485 e. The van der Waals surface area contributed by atoms with Gasteiger partial charge in [-0.1, -0.05) is 0 Å². The third-order valence-corrected chi connectivity index (χ3v) is 0.253. The second kappa shape index (κ2) is 1.79. The van der Waals surface area contributed by atoms with E-state index in [1.165, 1.54) is 0 Å². The molecule has 0 fully saturated rings. The molecular formula is CH4BNO3. The Kier molecular flexibility index (Phi) is 1.62. The highest BCUT2D eigenvalue weighted by Gasteiger charge is 2.12. The lowest BCUT2D eigenvalue weighted by Gasteiger charge is -1.82. The predicted octanol–water partition coefficient (Wildman–Crippen LogP) is -1.31. The predicted molar refractivity (Wildman–Crippen MR) is 20.2 cm³/mol. The topological polar surface area (TPSA) is 83.5 Å². The van der Waals surface area contributed by atoms with Crippen LogP contribution < -0.4 is 5.64 Å². The molecule has 0 bridgehead atoms. The molecule has 0 aromatic carbocycles. The zero-order valence-corrected chi connectivity index (χ0v) is 2.96. The van der Waals surface area contributed by atoms with Gasteiger partial charge in [-0.05, 0) is 0 Å². The van der Waals surface area contributed by atoms with Crippen LogP contribution in [0.3, 0.4) is 0 Å². The van der Waals surface area contributed by atoms with Gasteiger partial charge in [0.1, 0.15) is 0 Å². The first-order valence-electron chi connectivity index (χ1n) is 1.31. The normalized spacial score (nSPS) is 7.67. The zero-order chi connectivity index (χ0) is 5.15. The van der Waals surface area contributed by atoms with Crippen molar-refractivity contribution in [3.05, 3.63) is 0 Å². The van der Waals surface area contributed by atoms with Gasteiger partial charge in [-0.15, -0.1) is 0 Å². The molecule has 4 nitrogen and oxygen atoms in total. The van der Waals surface area contributed by atoms with Gasteiger partial charge in [-0.2, -0.15) is 0 Å². The summed E-state index contributed by atoms with van der Waals surface area (Å²) in [5, 5.41) is 15.4. The molecule has 0 aromatic rings. The largest absolute Gasteiger partial charge is 0.504 e. The lowest BCUT2D eigenvalue weighted by atomic mass is 9.88. The van der Waals surface area contributed by atoms with Crippen LogP contribution in [0.15, 0.2) is 0 Å². The van der Waals surface area contributed by atoms with Crippen molar-refractivity contribution in [1.82, 2.24) is 0 Å². The molecule has 0 heterocycles. The van der Waals surface area contributed by atoms with Crippen molar-refractivity contribution in [2.75, 3.05) is 0 Å². The van der Waals surface area contributed by atoms with Crippen molar-refractivity contribution >= 4 is 12.9 Å². The lowest BCUT2D eigenvalue weighted by molar-refractivity contribution is 0.215. The quantitative estimate of drug-likeness (QED) is 0.348. The van der Waals surface area contributed by atoms with Crippen LogP contribution >= 0.6 is 0 Å². The van der Waals surface area contributed by atoms with E-state index >= 15 is 0 Å². The highest BCUT2D eigenvalue weighted by atomic mass is 16.4. The number of rotatable bonds is 1. The van der Waals surface area contributed by atoms with Gasteiger partial charge in [0.15, 0.2) is 0 Å². The molecule has 34 valence electrons. The minimum absolute atomic E-state index is 1.41. The van der Waals surface area contributed by atoms with Crippen LogP contribution in [0.4, 0.5) is 4.79 Å². The first kappa shape index (κ1) is 5.45. The van der Waals surface area contributed by atoms with Gasteiger partial charge in [0.2, 0.25) is 0 Å². The standard InChI is InChI=1S/CH4BNO3/c3-2(6)1(4)5/h6H,3H2,(H,4,5). The monoisotopic (exact) mass is 89.0 g/mol. The maximum Gasteiger partial charge on any atom is 0.504 e. The van der Waals surface area contributed by atoms with Crippen molar-refractivity contribution in [3.63, 3.8) is 0 Å². The van der Waals surface area contributed by atoms with Gasteiger partial charge >= 0.3 is 12.9 Å². The van der Waals surface area contributed by atoms with E-state index in [4.69, 9.17) is 10.1 Å². The highest BCUT2D eigenvalue weighted by molar-refractivity contribution is 6.79. The summed E-state index contributed by atoms with van der Waals surface area (Å²) >= 11 is 0. The molecular weight excluding hydrogens is 84.8 g/mol. The Balaban J connectivity index is 3.26. The highest BCUT2D eigenvalue weighted by Crippen LogP contribution is 1.61. The molecule has 0 rings (SSSR count). The summed E-state index contributed by atoms with van der Waals surface area (Å²) in [5.74, 6) is -1.41. The maximum absolute atomic E-state index is 9.32. The minimum atomic E-state index is -1.73. The molecule has 0 saturated carbocycles. The Bertz CT molecular complexity index is 61.8. The summed E-state index contributed by atoms with van der Waals surface area (Å²) in [5.41, 5.74) is 4.39. The van der Waals surface area contributed by atoms with Crippen LogP contribution in [-0.2, 0) is 0 Å². The van der Waals surface area contributed by atoms with Gasteiger partial charge in [0.05, 0.1) is 0 Å². The molecule has 0 aliphatic heterocycles. The van der Waals surface area contributed by atoms with Crippen molar-refractivity contribution in [3.8, 4) is 0 Å². The summed E-state index contributed by atoms with van der Waals surface area (Å²) in [6.07, 6.45) is 0. The first-order valence-corrected chi connectivity index (χ1v) is 1.31. The van der Waals surface area contributed by atoms with E-state index in [1.807, 2.05) is 0 Å². The Labute approximate surface area is 34.7 Å². The van der Waals surface area contributed by atoms with Crippen molar-refractivity contribution in [2.45, 2.75) is 0 Å². The molecule has 0 unspecified atom stereocenters. The molecule has 0 atom stereocenters. The molecule has 4 N–H and O–H groups in total. The second-order valence-corrected chi connectivity index (χ2v) is 0.783. The summed E-state index contributed by atoms with van der Waals surface area (Å²) in [4.78, 5) is 9.32. The Morgan fingerprint density at radius 2 is 2.00 bits per heavy atom. The molecule has 0 aromatic heterocycles. The van der Waals surface area contributed by atoms with Crippen LogP contribution in [0, 0.1) is 0 Å². The number of nitrogens with two attached hydrogens (primary N) is 1. The van der Waals surface area contributed by atoms with Gasteiger partial charge < -0.3 is 15.8 Å². The molecule has 0 aliphatic rings. The van der Waals surface area contributed by atoms with Gasteiger partial charge in [0, 0.05) is 0 Å². The molecule has 0 aliphatic carbocycles. The van der Waals surface area contributed by atoms with Gasteiger partial charge in [-0.3, -0.25) is 4.79 Å². The van der Waals surface area contributed by atoms with Crippen LogP contribution in [0.2, 0.25) is 0 Å². The average Bonchev–Trinajstić information content (AvgIpc) is 1.36. The van der Waals surface area contributed by atoms with Gasteiger partial charge in [0.25, 0.3) is 0 Å². The Morgan fingerprint density at radius 3 is 2.00 bits per heavy atom. The van der Waals surface area contributed by atoms with E-state index in [0.29, 0.717) is 0 Å². The SMILES string of the molecule is NB(O)C(=O)O. The van der Waals surface area contributed by atoms with E-state index < -0.39 is 12.9 Å². The fourth-order valence-corrected chi connectivity index (χ4v) is 0. The zero-order valence-electron chi connectivity index (χ0n) is 2.96. The number of carboxylic acid groups (broad SMARTS) is 1. The average molecular weight is 88.9 g/mol. The molecule has 0 amide bonds. The maximum atomic E-state index is 9.32. The third-order valence-electron chi connectivity index (χ3n) is 0.253. The smallest absolute Gasteiger partial charge is 0.485 e. The van der Waals surface area contributed by atoms with Crippen molar-refractivity contribution in [2.24, 2.45) is 5.64 Å². The summed E-state index contributed by atoms with van der Waals surface area (Å²) in [6.45, 7) is 0. The lowest BCUT2D eigenvalue weighted by Crippen LogP contribution is -2.34. The van der Waals surface area contributed by atoms with E-state index in [-0.39, 0.29) is 0 Å². The van der Waals surface area contributed by atoms with Crippen LogP contribution in [0.5, 0.6) is 0 Å². The molecule has 5 heteroatoms. The fourth-order valence-electron chi connectivity index (χ4n) is 0. The number of hydrogen-bond acceptors (Lipinski definition) is 3. The van der Waals surface area contributed by atoms with Gasteiger partial charge in [-0.25, -0.2) is 0 Å². The molecule has 0 saturated heterocycles. The summed E-state index contributed by atoms with van der Waals surface area (Å²) in [7, 11) is -1.73. The molecule has 6 heavy (non-hydrogen) atoms. The third kappa shape index (κ3) is 1.74. The van der Waals surface area contributed by atoms with E-state index in [0.717, 1.165) is 0 Å². The van der Waals surface area contributed by atoms with Crippen molar-refractivity contribution in [1.29, 1.82) is 0 Å². The van der Waals surface area contributed by atoms with E-state index in [9.17, 15) is 4.79 Å². The van der Waals surface area contributed by atoms with Crippen LogP contribution in [0.1, 0.15) is 0 Å². The van der Waals surface area contributed by atoms with E-state index in [1.54, 1.807) is 0 Å². The first-order chi connectivity index (χ1) is 2.64. The Hall–Kier alpha value is -0.545. The molecule has 0 radical (unpaired) electrons. The number of hydrogen-bond donors (Lipinski definition) is 3. The fraction of sp³-hybridized carbons (Fsp3) is 0. The summed E-state index contributed by atoms with van der Waals surface area (Å²) in [6, 6.07) is 0. The Morgan fingerprint density at radius 1 is 1.83 bits per heavy atom. The van der Waals surface area contributed by atoms with Crippen LogP contribution in [-0.4, -0.2) is 23.0 Å². The summed E-state index contributed by atoms with van der Waals surface area (Å²) < 4.78 is 0. The molecule has 0 spiro atoms. The van der Waals surface area contributed by atoms with Crippen LogP contribution in [0.25, 0.3) is 0 Å². The van der Waals surface area contributed by atoms with E-state index in [2.05, 4.69) is 5.64 Å².